The Bertz CT molecular complexity index is 1880. The van der Waals surface area contributed by atoms with Gasteiger partial charge in [-0.3, -0.25) is 0 Å². The lowest BCUT2D eigenvalue weighted by Crippen LogP contribution is -2.74. The molecule has 0 atom stereocenters. The second kappa shape index (κ2) is 9.59. The minimum Gasteiger partial charge on any atom is -0.0623 e. The molecule has 0 unspecified atom stereocenters. The van der Waals surface area contributed by atoms with Gasteiger partial charge in [0.1, 0.15) is 0 Å². The molecule has 8 rings (SSSR count). The quantitative estimate of drug-likeness (QED) is 0.158. The Hall–Kier alpha value is -4.98. The maximum Gasteiger partial charge on any atom is 0.179 e. The summed E-state index contributed by atoms with van der Waals surface area (Å²) in [6.45, 7) is 0. The van der Waals surface area contributed by atoms with Gasteiger partial charge in [0.2, 0.25) is 0 Å². The zero-order valence-electron chi connectivity index (χ0n) is 22.7. The Labute approximate surface area is 242 Å². The number of rotatable bonds is 5. The van der Waals surface area contributed by atoms with Gasteiger partial charge in [-0.15, -0.1) is 0 Å². The van der Waals surface area contributed by atoms with Gasteiger partial charge in [-0.05, 0) is 64.9 Å². The summed E-state index contributed by atoms with van der Waals surface area (Å²) in [7, 11) is -2.53. The van der Waals surface area contributed by atoms with E-state index in [1.54, 1.807) is 0 Å². The van der Waals surface area contributed by atoms with E-state index in [0.717, 1.165) is 0 Å². The molecule has 1 heteroatoms. The van der Waals surface area contributed by atoms with Crippen molar-refractivity contribution in [2.75, 3.05) is 0 Å². The molecular weight excluding hydrogens is 509 g/mol. The Balaban J connectivity index is 1.33. The molecule has 41 heavy (non-hydrogen) atoms. The van der Waals surface area contributed by atoms with E-state index in [4.69, 9.17) is 0 Å². The van der Waals surface area contributed by atoms with Gasteiger partial charge in [-0.2, -0.15) is 0 Å². The second-order valence-electron chi connectivity index (χ2n) is 10.9. The van der Waals surface area contributed by atoms with Crippen molar-refractivity contribution in [3.8, 4) is 33.4 Å². The molecule has 1 aliphatic carbocycles. The average Bonchev–Trinajstić information content (AvgIpc) is 3.39. The van der Waals surface area contributed by atoms with Crippen LogP contribution in [0, 0.1) is 0 Å². The smallest absolute Gasteiger partial charge is 0.0623 e. The molecule has 0 fully saturated rings. The molecule has 192 valence electrons. The molecule has 0 spiro atoms. The first-order valence-electron chi connectivity index (χ1n) is 14.3. The largest absolute Gasteiger partial charge is 0.179 e. The number of fused-ring (bicyclic) bond motifs is 3. The van der Waals surface area contributed by atoms with Crippen molar-refractivity contribution < 1.29 is 0 Å². The van der Waals surface area contributed by atoms with E-state index in [1.165, 1.54) is 64.9 Å². The lowest BCUT2D eigenvalue weighted by atomic mass is 9.94. The average molecular weight is 537 g/mol. The molecule has 0 heterocycles. The van der Waals surface area contributed by atoms with Crippen molar-refractivity contribution in [2.45, 2.75) is 0 Å². The Morgan fingerprint density at radius 2 is 0.683 bits per heavy atom. The highest BCUT2D eigenvalue weighted by Gasteiger charge is 2.41. The zero-order chi connectivity index (χ0) is 27.2. The summed E-state index contributed by atoms with van der Waals surface area (Å²) in [5, 5.41) is 8.27. The Morgan fingerprint density at radius 3 is 1.22 bits per heavy atom. The summed E-state index contributed by atoms with van der Waals surface area (Å²) in [6.07, 6.45) is 0. The maximum atomic E-state index is 2.40. The van der Waals surface area contributed by atoms with Crippen molar-refractivity contribution in [1.29, 1.82) is 0 Å². The van der Waals surface area contributed by atoms with E-state index in [9.17, 15) is 0 Å². The first-order chi connectivity index (χ1) is 20.4. The number of hydrogen-bond donors (Lipinski definition) is 0. The van der Waals surface area contributed by atoms with E-state index < -0.39 is 8.07 Å². The lowest BCUT2D eigenvalue weighted by molar-refractivity contribution is 1.65. The predicted molar refractivity (Wildman–Crippen MR) is 177 cm³/mol. The van der Waals surface area contributed by atoms with Crippen LogP contribution < -0.4 is 20.7 Å². The molecule has 1 aliphatic rings. The summed E-state index contributed by atoms with van der Waals surface area (Å²) in [6, 6.07) is 63.0. The topological polar surface area (TPSA) is 0 Å². The summed E-state index contributed by atoms with van der Waals surface area (Å²) in [5.41, 5.74) is 7.90. The van der Waals surface area contributed by atoms with Crippen LogP contribution in [0.5, 0.6) is 0 Å². The zero-order valence-corrected chi connectivity index (χ0v) is 23.7. The van der Waals surface area contributed by atoms with Gasteiger partial charge >= 0.3 is 0 Å². The fourth-order valence-electron chi connectivity index (χ4n) is 7.02. The van der Waals surface area contributed by atoms with Crippen LogP contribution in [0.25, 0.3) is 44.2 Å². The molecule has 7 aromatic carbocycles. The van der Waals surface area contributed by atoms with Gasteiger partial charge in [0.15, 0.2) is 8.07 Å². The van der Waals surface area contributed by atoms with Crippen LogP contribution in [0.3, 0.4) is 0 Å². The maximum absolute atomic E-state index is 2.53. The van der Waals surface area contributed by atoms with Crippen molar-refractivity contribution in [3.05, 3.63) is 170 Å². The third-order valence-electron chi connectivity index (χ3n) is 8.80. The molecule has 0 bridgehead atoms. The van der Waals surface area contributed by atoms with Gasteiger partial charge in [-0.1, -0.05) is 170 Å². The molecule has 0 saturated heterocycles. The second-order valence-corrected chi connectivity index (χ2v) is 14.7. The molecule has 7 aromatic rings. The highest BCUT2D eigenvalue weighted by molar-refractivity contribution is 7.19. The van der Waals surface area contributed by atoms with Gasteiger partial charge in [0.05, 0.1) is 0 Å². The standard InChI is InChI=1S/C40H28Si/c1-4-13-30(14-5-1)41(31-15-6-2-7-16-31,32-17-8-3-9-18-32)33-25-23-29(24-26-33)34-27-28-39-36-20-11-10-19-35(36)38-22-12-21-37(34)40(38)39/h1-28H. The van der Waals surface area contributed by atoms with Crippen LogP contribution in [0.15, 0.2) is 170 Å². The molecule has 0 N–H and O–H groups in total. The van der Waals surface area contributed by atoms with Crippen molar-refractivity contribution in [1.82, 2.24) is 0 Å². The third kappa shape index (κ3) is 3.60. The SMILES string of the molecule is c1ccc([Si](c2ccccc2)(c2ccccc2)c2ccc(-c3ccc4c5c(cccc35)-c3ccccc3-4)cc2)cc1. The summed E-state index contributed by atoms with van der Waals surface area (Å²) >= 11 is 0. The van der Waals surface area contributed by atoms with E-state index in [0.29, 0.717) is 0 Å². The molecular formula is C40H28Si. The minimum absolute atomic E-state index is 1.26. The van der Waals surface area contributed by atoms with E-state index >= 15 is 0 Å². The molecule has 0 nitrogen and oxygen atoms in total. The first-order valence-corrected chi connectivity index (χ1v) is 16.3. The van der Waals surface area contributed by atoms with Gasteiger partial charge in [0, 0.05) is 0 Å². The normalized spacial score (nSPS) is 11.9. The number of benzene rings is 7. The fourth-order valence-corrected chi connectivity index (χ4v) is 11.8. The highest BCUT2D eigenvalue weighted by Crippen LogP contribution is 2.49. The van der Waals surface area contributed by atoms with Crippen LogP contribution in [0.4, 0.5) is 0 Å². The molecule has 0 radical (unpaired) electrons. The lowest BCUT2D eigenvalue weighted by Gasteiger charge is -2.34. The Kier molecular flexibility index (Phi) is 5.58. The van der Waals surface area contributed by atoms with Gasteiger partial charge in [-0.25, -0.2) is 0 Å². The van der Waals surface area contributed by atoms with Gasteiger partial charge < -0.3 is 0 Å². The predicted octanol–water partition coefficient (Wildman–Crippen LogP) is 7.53. The molecule has 0 aliphatic heterocycles. The fraction of sp³-hybridized carbons (Fsp3) is 0. The van der Waals surface area contributed by atoms with Crippen LogP contribution in [-0.4, -0.2) is 8.07 Å². The van der Waals surface area contributed by atoms with E-state index in [-0.39, 0.29) is 0 Å². The van der Waals surface area contributed by atoms with Crippen LogP contribution >= 0.6 is 0 Å². The van der Waals surface area contributed by atoms with E-state index in [2.05, 4.69) is 170 Å². The Morgan fingerprint density at radius 1 is 0.268 bits per heavy atom. The summed E-state index contributed by atoms with van der Waals surface area (Å²) in [4.78, 5) is 0. The molecule has 0 aromatic heterocycles. The van der Waals surface area contributed by atoms with Gasteiger partial charge in [0.25, 0.3) is 0 Å². The monoisotopic (exact) mass is 536 g/mol. The number of hydrogen-bond acceptors (Lipinski definition) is 0. The third-order valence-corrected chi connectivity index (χ3v) is 13.6. The van der Waals surface area contributed by atoms with Crippen LogP contribution in [-0.2, 0) is 0 Å². The minimum atomic E-state index is -2.53. The molecule has 0 saturated carbocycles. The summed E-state index contributed by atoms with van der Waals surface area (Å²) < 4.78 is 0. The van der Waals surface area contributed by atoms with Crippen molar-refractivity contribution in [2.24, 2.45) is 0 Å². The van der Waals surface area contributed by atoms with Crippen molar-refractivity contribution in [3.63, 3.8) is 0 Å². The van der Waals surface area contributed by atoms with Crippen molar-refractivity contribution >= 4 is 39.6 Å². The van der Waals surface area contributed by atoms with Crippen LogP contribution in [0.1, 0.15) is 0 Å². The van der Waals surface area contributed by atoms with E-state index in [1.807, 2.05) is 0 Å². The first kappa shape index (κ1) is 23.9. The summed E-state index contributed by atoms with van der Waals surface area (Å²) in [5.74, 6) is 0. The highest BCUT2D eigenvalue weighted by atomic mass is 28.3. The molecule has 0 amide bonds. The van der Waals surface area contributed by atoms with Crippen LogP contribution in [0.2, 0.25) is 0 Å².